The second-order valence-corrected chi connectivity index (χ2v) is 8.63. The van der Waals surface area contributed by atoms with E-state index in [9.17, 15) is 32.3 Å². The topological polar surface area (TPSA) is 107 Å². The summed E-state index contributed by atoms with van der Waals surface area (Å²) in [4.78, 5) is 54.6. The van der Waals surface area contributed by atoms with Crippen molar-refractivity contribution in [3.05, 3.63) is 86.2 Å². The lowest BCUT2D eigenvalue weighted by Gasteiger charge is -2.33. The van der Waals surface area contributed by atoms with Gasteiger partial charge in [-0.05, 0) is 42.0 Å². The molecule has 0 spiro atoms. The first kappa shape index (κ1) is 26.6. The van der Waals surface area contributed by atoms with Gasteiger partial charge in [0.2, 0.25) is 11.6 Å². The van der Waals surface area contributed by atoms with Gasteiger partial charge in [-0.3, -0.25) is 19.0 Å². The Kier molecular flexibility index (Phi) is 7.37. The van der Waals surface area contributed by atoms with E-state index in [2.05, 4.69) is 5.10 Å². The Bertz CT molecular complexity index is 1460. The molecule has 38 heavy (non-hydrogen) atoms. The molecule has 1 aliphatic rings. The Hall–Kier alpha value is -4.42. The van der Waals surface area contributed by atoms with Crippen LogP contribution in [0.25, 0.3) is 5.69 Å². The van der Waals surface area contributed by atoms with E-state index >= 15 is 0 Å². The van der Waals surface area contributed by atoms with Crippen LogP contribution in [0, 0.1) is 0 Å². The smallest absolute Gasteiger partial charge is 0.416 e. The molecule has 0 bridgehead atoms. The molecular weight excluding hydrogens is 507 g/mol. The first-order valence-corrected chi connectivity index (χ1v) is 11.6. The van der Waals surface area contributed by atoms with Gasteiger partial charge in [0.1, 0.15) is 5.75 Å². The molecule has 3 aromatic rings. The third-order valence-electron chi connectivity index (χ3n) is 6.21. The third-order valence-corrected chi connectivity index (χ3v) is 6.21. The quantitative estimate of drug-likeness (QED) is 0.497. The molecule has 0 unspecified atom stereocenters. The van der Waals surface area contributed by atoms with Crippen LogP contribution in [0.2, 0.25) is 0 Å². The summed E-state index contributed by atoms with van der Waals surface area (Å²) in [6.07, 6.45) is -4.54. The van der Waals surface area contributed by atoms with Crippen molar-refractivity contribution in [1.82, 2.24) is 24.1 Å². The summed E-state index contributed by atoms with van der Waals surface area (Å²) in [5, 5.41) is 4.09. The zero-order chi connectivity index (χ0) is 27.6. The van der Waals surface area contributed by atoms with E-state index in [0.717, 1.165) is 33.5 Å². The molecule has 0 saturated carbocycles. The Balaban J connectivity index is 1.77. The van der Waals surface area contributed by atoms with Crippen LogP contribution in [0.5, 0.6) is 5.75 Å². The van der Waals surface area contributed by atoms with Gasteiger partial charge in [0.15, 0.2) is 0 Å². The van der Waals surface area contributed by atoms with Crippen molar-refractivity contribution in [2.45, 2.75) is 19.6 Å². The van der Waals surface area contributed by atoms with Gasteiger partial charge in [-0.2, -0.15) is 23.0 Å². The molecule has 1 fully saturated rings. The van der Waals surface area contributed by atoms with E-state index in [0.29, 0.717) is 5.75 Å². The summed E-state index contributed by atoms with van der Waals surface area (Å²) in [5.41, 5.74) is -2.76. The van der Waals surface area contributed by atoms with Crippen LogP contribution in [0.3, 0.4) is 0 Å². The number of aromatic nitrogens is 3. The number of carbonyl (C=O) groups excluding carboxylic acids is 2. The predicted octanol–water partition coefficient (Wildman–Crippen LogP) is 1.77. The highest BCUT2D eigenvalue weighted by molar-refractivity contribution is 5.92. The summed E-state index contributed by atoms with van der Waals surface area (Å²) in [7, 11) is 1.46. The van der Waals surface area contributed by atoms with Crippen molar-refractivity contribution in [2.75, 3.05) is 33.3 Å². The SMILES string of the molecule is COc1ccc(-n2nc(C(=O)N3CCN(C(C)=O)CC3)c(=O)n(Cc3ccc(C(F)(F)F)cc3)c2=O)cc1. The Labute approximate surface area is 214 Å². The van der Waals surface area contributed by atoms with Gasteiger partial charge in [-0.1, -0.05) is 12.1 Å². The number of hydrogen-bond acceptors (Lipinski definition) is 6. The molecule has 0 N–H and O–H groups in total. The average molecular weight is 531 g/mol. The van der Waals surface area contributed by atoms with Crippen molar-refractivity contribution < 1.29 is 27.5 Å². The monoisotopic (exact) mass is 531 g/mol. The van der Waals surface area contributed by atoms with E-state index < -0.39 is 34.6 Å². The number of hydrogen-bond donors (Lipinski definition) is 0. The largest absolute Gasteiger partial charge is 0.497 e. The molecule has 1 aromatic heterocycles. The number of ether oxygens (including phenoxy) is 1. The second-order valence-electron chi connectivity index (χ2n) is 8.63. The first-order valence-electron chi connectivity index (χ1n) is 11.6. The third kappa shape index (κ3) is 5.45. The van der Waals surface area contributed by atoms with Gasteiger partial charge in [0.05, 0.1) is 24.9 Å². The number of piperazine rings is 1. The number of alkyl halides is 3. The maximum atomic E-state index is 13.3. The predicted molar refractivity (Wildman–Crippen MR) is 129 cm³/mol. The number of halogens is 3. The lowest BCUT2D eigenvalue weighted by molar-refractivity contribution is -0.137. The molecule has 1 saturated heterocycles. The van der Waals surface area contributed by atoms with Crippen LogP contribution in [-0.2, 0) is 17.5 Å². The summed E-state index contributed by atoms with van der Waals surface area (Å²) in [6, 6.07) is 10.2. The summed E-state index contributed by atoms with van der Waals surface area (Å²) in [6.45, 7) is 1.93. The minimum atomic E-state index is -4.54. The normalized spacial score (nSPS) is 13.9. The summed E-state index contributed by atoms with van der Waals surface area (Å²) >= 11 is 0. The summed E-state index contributed by atoms with van der Waals surface area (Å²) in [5.74, 6) is -0.358. The zero-order valence-corrected chi connectivity index (χ0v) is 20.6. The zero-order valence-electron chi connectivity index (χ0n) is 20.6. The molecule has 10 nitrogen and oxygen atoms in total. The number of amides is 2. The number of rotatable bonds is 5. The van der Waals surface area contributed by atoms with Crippen LogP contribution in [0.1, 0.15) is 28.5 Å². The lowest BCUT2D eigenvalue weighted by atomic mass is 10.1. The van der Waals surface area contributed by atoms with Crippen LogP contribution < -0.4 is 16.0 Å². The molecule has 1 aliphatic heterocycles. The Morgan fingerprint density at radius 2 is 1.50 bits per heavy atom. The fourth-order valence-electron chi connectivity index (χ4n) is 4.04. The van der Waals surface area contributed by atoms with E-state index in [-0.39, 0.29) is 49.9 Å². The van der Waals surface area contributed by atoms with Crippen molar-refractivity contribution >= 4 is 11.8 Å². The number of benzene rings is 2. The molecule has 0 atom stereocenters. The maximum absolute atomic E-state index is 13.3. The van der Waals surface area contributed by atoms with E-state index in [1.165, 1.54) is 31.1 Å². The lowest BCUT2D eigenvalue weighted by Crippen LogP contribution is -2.52. The van der Waals surface area contributed by atoms with Crippen molar-refractivity contribution in [3.8, 4) is 11.4 Å². The fourth-order valence-corrected chi connectivity index (χ4v) is 4.04. The average Bonchev–Trinajstić information content (AvgIpc) is 2.91. The number of carbonyl (C=O) groups is 2. The number of nitrogens with zero attached hydrogens (tertiary/aromatic N) is 5. The first-order chi connectivity index (χ1) is 18.0. The van der Waals surface area contributed by atoms with Gasteiger partial charge in [-0.15, -0.1) is 0 Å². The van der Waals surface area contributed by atoms with E-state index in [4.69, 9.17) is 4.74 Å². The standard InChI is InChI=1S/C25H24F3N5O5/c1-16(34)30-11-13-31(14-12-30)22(35)21-23(36)32(15-17-3-5-18(6-4-17)25(26,27)28)24(37)33(29-21)19-7-9-20(38-2)10-8-19/h3-10H,11-15H2,1-2H3. The van der Waals surface area contributed by atoms with Gasteiger partial charge in [0, 0.05) is 33.1 Å². The highest BCUT2D eigenvalue weighted by Crippen LogP contribution is 2.29. The van der Waals surface area contributed by atoms with Gasteiger partial charge < -0.3 is 14.5 Å². The fraction of sp³-hybridized carbons (Fsp3) is 0.320. The molecule has 4 rings (SSSR count). The van der Waals surface area contributed by atoms with Crippen molar-refractivity contribution in [3.63, 3.8) is 0 Å². The molecule has 13 heteroatoms. The van der Waals surface area contributed by atoms with E-state index in [1.54, 1.807) is 17.0 Å². The minimum absolute atomic E-state index is 0.137. The van der Waals surface area contributed by atoms with Crippen LogP contribution in [0.4, 0.5) is 13.2 Å². The van der Waals surface area contributed by atoms with Crippen LogP contribution in [-0.4, -0.2) is 69.3 Å². The molecule has 0 aliphatic carbocycles. The molecule has 0 radical (unpaired) electrons. The Morgan fingerprint density at radius 3 is 2.03 bits per heavy atom. The molecule has 2 amide bonds. The molecular formula is C25H24F3N5O5. The van der Waals surface area contributed by atoms with Crippen molar-refractivity contribution in [1.29, 1.82) is 0 Å². The molecule has 2 heterocycles. The highest BCUT2D eigenvalue weighted by atomic mass is 19.4. The van der Waals surface area contributed by atoms with Crippen LogP contribution in [0.15, 0.2) is 58.1 Å². The van der Waals surface area contributed by atoms with Gasteiger partial charge >= 0.3 is 11.9 Å². The molecule has 200 valence electrons. The highest BCUT2D eigenvalue weighted by Gasteiger charge is 2.31. The van der Waals surface area contributed by atoms with Crippen LogP contribution >= 0.6 is 0 Å². The van der Waals surface area contributed by atoms with Gasteiger partial charge in [0.25, 0.3) is 11.5 Å². The van der Waals surface area contributed by atoms with E-state index in [1.807, 2.05) is 0 Å². The van der Waals surface area contributed by atoms with Gasteiger partial charge in [-0.25, -0.2) is 4.79 Å². The maximum Gasteiger partial charge on any atom is 0.416 e. The minimum Gasteiger partial charge on any atom is -0.497 e. The second kappa shape index (κ2) is 10.5. The number of methoxy groups -OCH3 is 1. The molecule has 2 aromatic carbocycles. The van der Waals surface area contributed by atoms with Crippen molar-refractivity contribution in [2.24, 2.45) is 0 Å². The Morgan fingerprint density at radius 1 is 0.921 bits per heavy atom. The summed E-state index contributed by atoms with van der Waals surface area (Å²) < 4.78 is 45.7.